The Balaban J connectivity index is 2.11. The van der Waals surface area contributed by atoms with Gasteiger partial charge in [-0.15, -0.1) is 0 Å². The summed E-state index contributed by atoms with van der Waals surface area (Å²) in [6.45, 7) is 4.34. The highest BCUT2D eigenvalue weighted by Crippen LogP contribution is 2.18. The van der Waals surface area contributed by atoms with Crippen molar-refractivity contribution >= 4 is 23.3 Å². The molecule has 0 saturated heterocycles. The molecule has 2 rings (SSSR count). The van der Waals surface area contributed by atoms with E-state index in [1.54, 1.807) is 42.2 Å². The molecule has 27 heavy (non-hydrogen) atoms. The van der Waals surface area contributed by atoms with Crippen LogP contribution >= 0.6 is 0 Å². The van der Waals surface area contributed by atoms with Crippen LogP contribution in [0.1, 0.15) is 24.2 Å². The molecule has 0 radical (unpaired) electrons. The predicted molar refractivity (Wildman–Crippen MR) is 104 cm³/mol. The number of hydrogen-bond acceptors (Lipinski definition) is 5. The van der Waals surface area contributed by atoms with Crippen LogP contribution in [0.3, 0.4) is 0 Å². The summed E-state index contributed by atoms with van der Waals surface area (Å²) >= 11 is 0. The number of carbonyl (C=O) groups is 2. The number of nitriles is 1. The van der Waals surface area contributed by atoms with E-state index < -0.39 is 5.97 Å². The standard InChI is InChI=1S/C21H21N3O3/c1-3-24(19-8-6-5-7-9-19)20(25)16-10-12-18(13-11-16)23-15-17(14-22)21(26)27-4-2/h5-13,15,23H,3-4H2,1-2H3/b17-15+. The Morgan fingerprint density at radius 1 is 1.11 bits per heavy atom. The summed E-state index contributed by atoms with van der Waals surface area (Å²) in [6.07, 6.45) is 1.29. The highest BCUT2D eigenvalue weighted by atomic mass is 16.5. The van der Waals surface area contributed by atoms with Gasteiger partial charge in [0, 0.05) is 29.7 Å². The lowest BCUT2D eigenvalue weighted by Gasteiger charge is -2.21. The van der Waals surface area contributed by atoms with Gasteiger partial charge < -0.3 is 15.0 Å². The van der Waals surface area contributed by atoms with Gasteiger partial charge in [0.1, 0.15) is 6.07 Å². The van der Waals surface area contributed by atoms with E-state index in [1.165, 1.54) is 6.20 Å². The third kappa shape index (κ3) is 5.19. The number of carbonyl (C=O) groups excluding carboxylic acids is 2. The van der Waals surface area contributed by atoms with Crippen molar-refractivity contribution in [1.29, 1.82) is 5.26 Å². The second kappa shape index (κ2) is 9.78. The van der Waals surface area contributed by atoms with E-state index in [1.807, 2.05) is 37.3 Å². The summed E-state index contributed by atoms with van der Waals surface area (Å²) in [6, 6.07) is 18.1. The summed E-state index contributed by atoms with van der Waals surface area (Å²) in [5.41, 5.74) is 1.90. The number of nitrogens with zero attached hydrogens (tertiary/aromatic N) is 2. The molecular weight excluding hydrogens is 342 g/mol. The van der Waals surface area contributed by atoms with Crippen LogP contribution in [0.15, 0.2) is 66.4 Å². The van der Waals surface area contributed by atoms with Gasteiger partial charge in [0.2, 0.25) is 0 Å². The minimum absolute atomic E-state index is 0.102. The number of hydrogen-bond donors (Lipinski definition) is 1. The van der Waals surface area contributed by atoms with Crippen LogP contribution in [-0.2, 0) is 9.53 Å². The molecule has 2 aromatic rings. The van der Waals surface area contributed by atoms with Crippen LogP contribution in [0.5, 0.6) is 0 Å². The first kappa shape index (κ1) is 19.7. The fraction of sp³-hybridized carbons (Fsp3) is 0.190. The third-order valence-electron chi connectivity index (χ3n) is 3.76. The minimum Gasteiger partial charge on any atom is -0.462 e. The van der Waals surface area contributed by atoms with Crippen LogP contribution in [0.25, 0.3) is 0 Å². The normalized spacial score (nSPS) is 10.6. The largest absolute Gasteiger partial charge is 0.462 e. The summed E-state index contributed by atoms with van der Waals surface area (Å²) in [5.74, 6) is -0.782. The van der Waals surface area contributed by atoms with Crippen LogP contribution in [-0.4, -0.2) is 25.0 Å². The molecule has 138 valence electrons. The topological polar surface area (TPSA) is 82.4 Å². The molecular formula is C21H21N3O3. The molecule has 6 heteroatoms. The summed E-state index contributed by atoms with van der Waals surface area (Å²) in [7, 11) is 0. The van der Waals surface area contributed by atoms with Gasteiger partial charge in [-0.05, 0) is 50.2 Å². The van der Waals surface area contributed by atoms with Crippen LogP contribution in [0.4, 0.5) is 11.4 Å². The van der Waals surface area contributed by atoms with E-state index in [-0.39, 0.29) is 18.1 Å². The van der Waals surface area contributed by atoms with Crippen molar-refractivity contribution in [2.75, 3.05) is 23.4 Å². The molecule has 6 nitrogen and oxygen atoms in total. The van der Waals surface area contributed by atoms with E-state index in [9.17, 15) is 9.59 Å². The fourth-order valence-electron chi connectivity index (χ4n) is 2.42. The maximum Gasteiger partial charge on any atom is 0.350 e. The van der Waals surface area contributed by atoms with Crippen molar-refractivity contribution in [3.05, 3.63) is 71.9 Å². The van der Waals surface area contributed by atoms with Gasteiger partial charge in [-0.25, -0.2) is 4.79 Å². The Morgan fingerprint density at radius 3 is 2.33 bits per heavy atom. The second-order valence-electron chi connectivity index (χ2n) is 5.50. The zero-order valence-corrected chi connectivity index (χ0v) is 15.3. The Kier molecular flexibility index (Phi) is 7.15. The van der Waals surface area contributed by atoms with Crippen molar-refractivity contribution < 1.29 is 14.3 Å². The Hall–Kier alpha value is -3.59. The average Bonchev–Trinajstić information content (AvgIpc) is 2.70. The van der Waals surface area contributed by atoms with Crippen molar-refractivity contribution in [3.63, 3.8) is 0 Å². The zero-order chi connectivity index (χ0) is 19.6. The minimum atomic E-state index is -0.680. The molecule has 0 bridgehead atoms. The Morgan fingerprint density at radius 2 is 1.78 bits per heavy atom. The summed E-state index contributed by atoms with van der Waals surface area (Å²) in [5, 5.41) is 11.9. The third-order valence-corrected chi connectivity index (χ3v) is 3.76. The second-order valence-corrected chi connectivity index (χ2v) is 5.50. The van der Waals surface area contributed by atoms with E-state index in [0.29, 0.717) is 17.8 Å². The molecule has 0 saturated carbocycles. The lowest BCUT2D eigenvalue weighted by atomic mass is 10.1. The molecule has 0 fully saturated rings. The number of rotatable bonds is 7. The molecule has 2 aromatic carbocycles. The number of nitrogens with one attached hydrogen (secondary N) is 1. The molecule has 0 heterocycles. The van der Waals surface area contributed by atoms with Gasteiger partial charge in [0.15, 0.2) is 5.57 Å². The van der Waals surface area contributed by atoms with Crippen LogP contribution in [0.2, 0.25) is 0 Å². The maximum atomic E-state index is 12.8. The molecule has 1 amide bonds. The number of anilines is 2. The molecule has 1 N–H and O–H groups in total. The average molecular weight is 363 g/mol. The van der Waals surface area contributed by atoms with Crippen LogP contribution in [0, 0.1) is 11.3 Å². The van der Waals surface area contributed by atoms with Crippen molar-refractivity contribution in [3.8, 4) is 6.07 Å². The number of benzene rings is 2. The van der Waals surface area contributed by atoms with E-state index in [2.05, 4.69) is 5.32 Å². The predicted octanol–water partition coefficient (Wildman–Crippen LogP) is 3.74. The van der Waals surface area contributed by atoms with Gasteiger partial charge >= 0.3 is 5.97 Å². The number of esters is 1. The number of amides is 1. The molecule has 0 unspecified atom stereocenters. The number of para-hydroxylation sites is 1. The molecule has 0 atom stereocenters. The Bertz CT molecular complexity index is 852. The first-order chi connectivity index (χ1) is 13.1. The highest BCUT2D eigenvalue weighted by molar-refractivity contribution is 6.06. The lowest BCUT2D eigenvalue weighted by molar-refractivity contribution is -0.138. The van der Waals surface area contributed by atoms with Crippen molar-refractivity contribution in [2.24, 2.45) is 0 Å². The number of ether oxygens (including phenoxy) is 1. The SMILES string of the molecule is CCOC(=O)/C(C#N)=C/Nc1ccc(C(=O)N(CC)c2ccccc2)cc1. The molecule has 0 aliphatic heterocycles. The summed E-state index contributed by atoms with van der Waals surface area (Å²) < 4.78 is 4.79. The van der Waals surface area contributed by atoms with Gasteiger partial charge in [-0.1, -0.05) is 18.2 Å². The summed E-state index contributed by atoms with van der Waals surface area (Å²) in [4.78, 5) is 26.0. The van der Waals surface area contributed by atoms with Crippen LogP contribution < -0.4 is 10.2 Å². The maximum absolute atomic E-state index is 12.8. The quantitative estimate of drug-likeness (QED) is 0.460. The fourth-order valence-corrected chi connectivity index (χ4v) is 2.42. The van der Waals surface area contributed by atoms with Gasteiger partial charge in [0.25, 0.3) is 5.91 Å². The van der Waals surface area contributed by atoms with E-state index in [0.717, 1.165) is 5.69 Å². The van der Waals surface area contributed by atoms with Crippen molar-refractivity contribution in [1.82, 2.24) is 0 Å². The smallest absolute Gasteiger partial charge is 0.350 e. The van der Waals surface area contributed by atoms with Crippen molar-refractivity contribution in [2.45, 2.75) is 13.8 Å². The monoisotopic (exact) mass is 363 g/mol. The molecule has 0 spiro atoms. The van der Waals surface area contributed by atoms with Gasteiger partial charge in [-0.3, -0.25) is 4.79 Å². The molecule has 0 aromatic heterocycles. The molecule has 0 aliphatic rings. The van der Waals surface area contributed by atoms with E-state index >= 15 is 0 Å². The first-order valence-electron chi connectivity index (χ1n) is 8.61. The first-order valence-corrected chi connectivity index (χ1v) is 8.61. The Labute approximate surface area is 158 Å². The molecule has 0 aliphatic carbocycles. The van der Waals surface area contributed by atoms with Gasteiger partial charge in [-0.2, -0.15) is 5.26 Å². The lowest BCUT2D eigenvalue weighted by Crippen LogP contribution is -2.30. The van der Waals surface area contributed by atoms with E-state index in [4.69, 9.17) is 10.00 Å². The highest BCUT2D eigenvalue weighted by Gasteiger charge is 2.15. The zero-order valence-electron chi connectivity index (χ0n) is 15.3. The van der Waals surface area contributed by atoms with Gasteiger partial charge in [0.05, 0.1) is 6.61 Å².